The highest BCUT2D eigenvalue weighted by Crippen LogP contribution is 2.33. The van der Waals surface area contributed by atoms with Gasteiger partial charge in [0.15, 0.2) is 0 Å². The van der Waals surface area contributed by atoms with Crippen LogP contribution in [-0.4, -0.2) is 52.5 Å². The van der Waals surface area contributed by atoms with Crippen LogP contribution in [0.5, 0.6) is 0 Å². The van der Waals surface area contributed by atoms with Crippen molar-refractivity contribution in [3.8, 4) is 0 Å². The molecule has 2 fully saturated rings. The van der Waals surface area contributed by atoms with Crippen LogP contribution in [0, 0.1) is 5.92 Å². The molecule has 1 aliphatic carbocycles. The number of nitrogens with one attached hydrogen (secondary N) is 1. The quantitative estimate of drug-likeness (QED) is 0.369. The Labute approximate surface area is 240 Å². The summed E-state index contributed by atoms with van der Waals surface area (Å²) in [6.07, 6.45) is 5.43. The van der Waals surface area contributed by atoms with Crippen LogP contribution in [0.3, 0.4) is 0 Å². The molecule has 0 atom stereocenters. The molecule has 41 heavy (non-hydrogen) atoms. The number of alkyl halides is 3. The predicted molar refractivity (Wildman–Crippen MR) is 156 cm³/mol. The number of hydrogen-bond donors (Lipinski definition) is 1. The summed E-state index contributed by atoms with van der Waals surface area (Å²) < 4.78 is 41.1. The predicted octanol–water partition coefficient (Wildman–Crippen LogP) is 6.53. The van der Waals surface area contributed by atoms with Crippen molar-refractivity contribution < 1.29 is 18.0 Å². The van der Waals surface area contributed by atoms with Crippen molar-refractivity contribution in [1.82, 2.24) is 19.7 Å². The molecule has 0 unspecified atom stereocenters. The fraction of sp³-hybridized carbons (Fsp3) is 0.545. The minimum absolute atomic E-state index is 0.00680. The maximum atomic E-state index is 13.3. The molecule has 1 saturated carbocycles. The molecular weight excluding hydrogens is 525 g/mol. The highest BCUT2D eigenvalue weighted by Gasteiger charge is 2.30. The van der Waals surface area contributed by atoms with Gasteiger partial charge in [0.05, 0.1) is 5.56 Å². The average molecular weight is 567 g/mol. The standard InChI is InChI=1S/C33H41F3N4O/c1-38-30-12-9-25(32(41)37-27-13-16-39(17-14-27)20-23-5-3-2-4-6-23)19-28(30)29-22-40(18-15-31(29)38)21-24-7-10-26(11-8-24)33(34,35)36/h7-12,19,23,27H,2-6,13-18,20-22H2,1H3,(H,37,41). The number of fused-ring (bicyclic) bond motifs is 3. The summed E-state index contributed by atoms with van der Waals surface area (Å²) in [6, 6.07) is 11.7. The van der Waals surface area contributed by atoms with Gasteiger partial charge >= 0.3 is 6.18 Å². The molecule has 3 heterocycles. The van der Waals surface area contributed by atoms with E-state index in [0.29, 0.717) is 18.7 Å². The van der Waals surface area contributed by atoms with Crippen LogP contribution in [0.15, 0.2) is 42.5 Å². The second-order valence-corrected chi connectivity index (χ2v) is 12.4. The lowest BCUT2D eigenvalue weighted by Gasteiger charge is -2.35. The van der Waals surface area contributed by atoms with Crippen molar-refractivity contribution in [2.24, 2.45) is 13.0 Å². The van der Waals surface area contributed by atoms with Gasteiger partial charge in [-0.2, -0.15) is 13.2 Å². The Bertz CT molecular complexity index is 1370. The number of carbonyl (C=O) groups excluding carboxylic acids is 1. The number of aryl methyl sites for hydroxylation is 1. The van der Waals surface area contributed by atoms with E-state index in [1.165, 1.54) is 49.9 Å². The number of rotatable bonds is 6. The molecule has 220 valence electrons. The van der Waals surface area contributed by atoms with E-state index in [4.69, 9.17) is 0 Å². The zero-order valence-corrected chi connectivity index (χ0v) is 24.0. The molecule has 0 radical (unpaired) electrons. The molecule has 2 aliphatic heterocycles. The van der Waals surface area contributed by atoms with Crippen LogP contribution in [0.2, 0.25) is 0 Å². The lowest BCUT2D eigenvalue weighted by Crippen LogP contribution is -2.45. The lowest BCUT2D eigenvalue weighted by atomic mass is 9.88. The van der Waals surface area contributed by atoms with Crippen LogP contribution < -0.4 is 5.32 Å². The van der Waals surface area contributed by atoms with Crippen LogP contribution >= 0.6 is 0 Å². The molecule has 6 rings (SSSR count). The highest BCUT2D eigenvalue weighted by atomic mass is 19.4. The number of amides is 1. The average Bonchev–Trinajstić information content (AvgIpc) is 3.25. The zero-order chi connectivity index (χ0) is 28.6. The van der Waals surface area contributed by atoms with Crippen molar-refractivity contribution in [2.75, 3.05) is 26.2 Å². The van der Waals surface area contributed by atoms with Crippen molar-refractivity contribution in [1.29, 1.82) is 0 Å². The first kappa shape index (κ1) is 28.3. The summed E-state index contributed by atoms with van der Waals surface area (Å²) in [5.74, 6) is 0.844. The SMILES string of the molecule is Cn1c2c(c3cc(C(=O)NC4CCN(CC5CCCCC5)CC4)ccc31)CN(Cc1ccc(C(F)(F)F)cc1)CC2. The van der Waals surface area contributed by atoms with E-state index in [-0.39, 0.29) is 11.9 Å². The number of carbonyl (C=O) groups is 1. The van der Waals surface area contributed by atoms with Crippen molar-refractivity contribution in [3.63, 3.8) is 0 Å². The third kappa shape index (κ3) is 6.33. The molecule has 1 amide bonds. The van der Waals surface area contributed by atoms with Gasteiger partial charge in [-0.1, -0.05) is 31.4 Å². The van der Waals surface area contributed by atoms with E-state index in [0.717, 1.165) is 73.4 Å². The Balaban J connectivity index is 1.09. The summed E-state index contributed by atoms with van der Waals surface area (Å²) in [4.78, 5) is 18.2. The van der Waals surface area contributed by atoms with Gasteiger partial charge in [-0.25, -0.2) is 0 Å². The van der Waals surface area contributed by atoms with Crippen molar-refractivity contribution in [2.45, 2.75) is 76.7 Å². The summed E-state index contributed by atoms with van der Waals surface area (Å²) >= 11 is 0. The van der Waals surface area contributed by atoms with E-state index in [2.05, 4.69) is 32.8 Å². The second kappa shape index (κ2) is 11.8. The van der Waals surface area contributed by atoms with Gasteiger partial charge < -0.3 is 14.8 Å². The maximum Gasteiger partial charge on any atom is 0.416 e. The maximum absolute atomic E-state index is 13.3. The number of hydrogen-bond acceptors (Lipinski definition) is 3. The van der Waals surface area contributed by atoms with Crippen molar-refractivity contribution >= 4 is 16.8 Å². The topological polar surface area (TPSA) is 40.5 Å². The van der Waals surface area contributed by atoms with Crippen molar-refractivity contribution in [3.05, 3.63) is 70.4 Å². The van der Waals surface area contributed by atoms with Gasteiger partial charge in [0.2, 0.25) is 0 Å². The van der Waals surface area contributed by atoms with Gasteiger partial charge in [0.1, 0.15) is 0 Å². The minimum atomic E-state index is -4.32. The summed E-state index contributed by atoms with van der Waals surface area (Å²) in [5.41, 5.74) is 4.53. The molecule has 1 aromatic heterocycles. The first-order chi connectivity index (χ1) is 19.7. The van der Waals surface area contributed by atoms with Gasteiger partial charge in [-0.15, -0.1) is 0 Å². The van der Waals surface area contributed by atoms with E-state index in [1.54, 1.807) is 12.1 Å². The molecule has 0 bridgehead atoms. The molecule has 0 spiro atoms. The van der Waals surface area contributed by atoms with E-state index < -0.39 is 11.7 Å². The fourth-order valence-corrected chi connectivity index (χ4v) is 7.23. The molecule has 3 aliphatic rings. The van der Waals surface area contributed by atoms with Crippen LogP contribution in [0.1, 0.15) is 77.7 Å². The van der Waals surface area contributed by atoms with E-state index in [1.807, 2.05) is 12.1 Å². The number of likely N-dealkylation sites (tertiary alicyclic amines) is 1. The third-order valence-corrected chi connectivity index (χ3v) is 9.60. The lowest BCUT2D eigenvalue weighted by molar-refractivity contribution is -0.137. The van der Waals surface area contributed by atoms with Gasteiger partial charge in [-0.05, 0) is 73.1 Å². The fourth-order valence-electron chi connectivity index (χ4n) is 7.23. The van der Waals surface area contributed by atoms with Gasteiger partial charge in [0.25, 0.3) is 5.91 Å². The van der Waals surface area contributed by atoms with Gasteiger partial charge in [-0.3, -0.25) is 9.69 Å². The largest absolute Gasteiger partial charge is 0.416 e. The highest BCUT2D eigenvalue weighted by molar-refractivity contribution is 5.99. The Kier molecular flexibility index (Phi) is 8.14. The Morgan fingerprint density at radius 3 is 2.37 bits per heavy atom. The monoisotopic (exact) mass is 566 g/mol. The number of nitrogens with zero attached hydrogens (tertiary/aromatic N) is 3. The molecule has 2 aromatic carbocycles. The van der Waals surface area contributed by atoms with Crippen LogP contribution in [0.25, 0.3) is 10.9 Å². The number of piperidine rings is 1. The third-order valence-electron chi connectivity index (χ3n) is 9.60. The molecule has 5 nitrogen and oxygen atoms in total. The van der Waals surface area contributed by atoms with Gasteiger partial charge in [0, 0.05) is 80.9 Å². The molecule has 3 aromatic rings. The second-order valence-electron chi connectivity index (χ2n) is 12.4. The van der Waals surface area contributed by atoms with Crippen LogP contribution in [0.4, 0.5) is 13.2 Å². The summed E-state index contributed by atoms with van der Waals surface area (Å²) in [6.45, 7) is 5.46. The first-order valence-electron chi connectivity index (χ1n) is 15.3. The number of halogens is 3. The van der Waals surface area contributed by atoms with E-state index in [9.17, 15) is 18.0 Å². The first-order valence-corrected chi connectivity index (χ1v) is 15.3. The number of benzene rings is 2. The Morgan fingerprint density at radius 2 is 1.66 bits per heavy atom. The molecule has 1 N–H and O–H groups in total. The Hall–Kier alpha value is -2.84. The number of aromatic nitrogens is 1. The Morgan fingerprint density at radius 1 is 0.927 bits per heavy atom. The normalized spacial score (nSPS) is 19.9. The van der Waals surface area contributed by atoms with E-state index >= 15 is 0 Å². The van der Waals surface area contributed by atoms with Crippen LogP contribution in [-0.2, 0) is 32.7 Å². The molecule has 1 saturated heterocycles. The minimum Gasteiger partial charge on any atom is -0.349 e. The smallest absolute Gasteiger partial charge is 0.349 e. The zero-order valence-electron chi connectivity index (χ0n) is 24.0. The molecular formula is C33H41F3N4O. The summed E-state index contributed by atoms with van der Waals surface area (Å²) in [7, 11) is 2.08. The summed E-state index contributed by atoms with van der Waals surface area (Å²) in [5, 5.41) is 4.40. The molecule has 8 heteroatoms.